The summed E-state index contributed by atoms with van der Waals surface area (Å²) in [5, 5.41) is 11.5. The van der Waals surface area contributed by atoms with Gasteiger partial charge in [-0.15, -0.1) is 0 Å². The largest absolute Gasteiger partial charge is 0.481 e. The standard InChI is InChI=1S/C13H10FN3O/c1-18-13-5-3-10(8-16-13)17-12-4-2-9(7-15)6-11(12)14/h2-6,8,17H,1H3. The molecular weight excluding hydrogens is 233 g/mol. The summed E-state index contributed by atoms with van der Waals surface area (Å²) >= 11 is 0. The SMILES string of the molecule is COc1ccc(Nc2ccc(C#N)cc2F)cn1. The third-order valence-electron chi connectivity index (χ3n) is 2.32. The molecule has 0 radical (unpaired) electrons. The summed E-state index contributed by atoms with van der Waals surface area (Å²) in [4.78, 5) is 4.00. The van der Waals surface area contributed by atoms with E-state index in [-0.39, 0.29) is 5.56 Å². The van der Waals surface area contributed by atoms with E-state index in [1.54, 1.807) is 18.2 Å². The third kappa shape index (κ3) is 2.55. The predicted octanol–water partition coefficient (Wildman–Crippen LogP) is 2.84. The number of aromatic nitrogens is 1. The monoisotopic (exact) mass is 243 g/mol. The fourth-order valence-electron chi connectivity index (χ4n) is 1.42. The van der Waals surface area contributed by atoms with Gasteiger partial charge in [-0.1, -0.05) is 0 Å². The van der Waals surface area contributed by atoms with Gasteiger partial charge in [0.1, 0.15) is 5.82 Å². The lowest BCUT2D eigenvalue weighted by molar-refractivity contribution is 0.398. The molecule has 1 heterocycles. The van der Waals surface area contributed by atoms with E-state index < -0.39 is 5.82 Å². The van der Waals surface area contributed by atoms with Crippen LogP contribution in [0.4, 0.5) is 15.8 Å². The van der Waals surface area contributed by atoms with Gasteiger partial charge in [0.05, 0.1) is 36.3 Å². The van der Waals surface area contributed by atoms with E-state index in [0.717, 1.165) is 0 Å². The average molecular weight is 243 g/mol. The van der Waals surface area contributed by atoms with Crippen LogP contribution in [0.5, 0.6) is 5.88 Å². The van der Waals surface area contributed by atoms with Crippen LogP contribution in [-0.4, -0.2) is 12.1 Å². The highest BCUT2D eigenvalue weighted by Crippen LogP contribution is 2.21. The molecule has 0 amide bonds. The van der Waals surface area contributed by atoms with Gasteiger partial charge in [-0.2, -0.15) is 5.26 Å². The number of nitrogens with one attached hydrogen (secondary N) is 1. The molecule has 0 aliphatic rings. The molecule has 1 aromatic carbocycles. The van der Waals surface area contributed by atoms with Crippen LogP contribution >= 0.6 is 0 Å². The summed E-state index contributed by atoms with van der Waals surface area (Å²) in [6.07, 6.45) is 1.54. The van der Waals surface area contributed by atoms with E-state index in [4.69, 9.17) is 10.00 Å². The zero-order valence-corrected chi connectivity index (χ0v) is 9.64. The van der Waals surface area contributed by atoms with Gasteiger partial charge in [0, 0.05) is 6.07 Å². The minimum absolute atomic E-state index is 0.283. The summed E-state index contributed by atoms with van der Waals surface area (Å²) in [6.45, 7) is 0. The molecule has 0 aliphatic carbocycles. The van der Waals surface area contributed by atoms with Crippen LogP contribution in [0.3, 0.4) is 0 Å². The highest BCUT2D eigenvalue weighted by atomic mass is 19.1. The maximum Gasteiger partial charge on any atom is 0.213 e. The zero-order valence-electron chi connectivity index (χ0n) is 9.64. The van der Waals surface area contributed by atoms with Crippen molar-refractivity contribution in [3.63, 3.8) is 0 Å². The lowest BCUT2D eigenvalue weighted by Crippen LogP contribution is -1.95. The highest BCUT2D eigenvalue weighted by Gasteiger charge is 2.04. The minimum atomic E-state index is -0.482. The molecule has 5 heteroatoms. The number of pyridine rings is 1. The Morgan fingerprint density at radius 1 is 1.33 bits per heavy atom. The summed E-state index contributed by atoms with van der Waals surface area (Å²) in [5.41, 5.74) is 1.21. The van der Waals surface area contributed by atoms with Crippen LogP contribution < -0.4 is 10.1 Å². The van der Waals surface area contributed by atoms with Crippen molar-refractivity contribution in [3.8, 4) is 11.9 Å². The van der Waals surface area contributed by atoms with Gasteiger partial charge < -0.3 is 10.1 Å². The van der Waals surface area contributed by atoms with Crippen molar-refractivity contribution in [2.75, 3.05) is 12.4 Å². The fraction of sp³-hybridized carbons (Fsp3) is 0.0769. The van der Waals surface area contributed by atoms with Gasteiger partial charge in [-0.25, -0.2) is 9.37 Å². The van der Waals surface area contributed by atoms with Crippen LogP contribution in [0.15, 0.2) is 36.5 Å². The predicted molar refractivity (Wildman–Crippen MR) is 65.2 cm³/mol. The van der Waals surface area contributed by atoms with Crippen molar-refractivity contribution in [1.29, 1.82) is 5.26 Å². The number of nitriles is 1. The molecule has 0 saturated carbocycles. The van der Waals surface area contributed by atoms with E-state index >= 15 is 0 Å². The van der Waals surface area contributed by atoms with E-state index in [1.165, 1.54) is 25.4 Å². The zero-order chi connectivity index (χ0) is 13.0. The van der Waals surface area contributed by atoms with Gasteiger partial charge in [0.15, 0.2) is 0 Å². The molecule has 2 aromatic rings. The first-order valence-corrected chi connectivity index (χ1v) is 5.19. The molecule has 1 N–H and O–H groups in total. The van der Waals surface area contributed by atoms with E-state index in [2.05, 4.69) is 10.3 Å². The molecule has 0 spiro atoms. The summed E-state index contributed by atoms with van der Waals surface area (Å²) < 4.78 is 18.5. The lowest BCUT2D eigenvalue weighted by atomic mass is 10.2. The quantitative estimate of drug-likeness (QED) is 0.900. The molecule has 0 saturated heterocycles. The number of ether oxygens (including phenoxy) is 1. The molecule has 90 valence electrons. The molecule has 1 aromatic heterocycles. The molecular formula is C13H10FN3O. The minimum Gasteiger partial charge on any atom is -0.481 e. The average Bonchev–Trinajstić information content (AvgIpc) is 2.42. The second-order valence-corrected chi connectivity index (χ2v) is 3.52. The van der Waals surface area contributed by atoms with Crippen LogP contribution in [-0.2, 0) is 0 Å². The maximum absolute atomic E-state index is 13.6. The van der Waals surface area contributed by atoms with Crippen LogP contribution in [0.2, 0.25) is 0 Å². The smallest absolute Gasteiger partial charge is 0.213 e. The number of hydrogen-bond donors (Lipinski definition) is 1. The van der Waals surface area contributed by atoms with Crippen molar-refractivity contribution in [1.82, 2.24) is 4.98 Å². The van der Waals surface area contributed by atoms with Crippen LogP contribution in [0.25, 0.3) is 0 Å². The first-order chi connectivity index (χ1) is 8.72. The first kappa shape index (κ1) is 11.9. The third-order valence-corrected chi connectivity index (χ3v) is 2.32. The van der Waals surface area contributed by atoms with Crippen LogP contribution in [0.1, 0.15) is 5.56 Å². The molecule has 0 fully saturated rings. The Bertz CT molecular complexity index is 590. The van der Waals surface area contributed by atoms with Gasteiger partial charge in [0.25, 0.3) is 0 Å². The van der Waals surface area contributed by atoms with Crippen molar-refractivity contribution in [2.24, 2.45) is 0 Å². The molecule has 18 heavy (non-hydrogen) atoms. The van der Waals surface area contributed by atoms with Crippen LogP contribution in [0, 0.1) is 17.1 Å². The second kappa shape index (κ2) is 5.15. The highest BCUT2D eigenvalue weighted by molar-refractivity contribution is 5.60. The van der Waals surface area contributed by atoms with E-state index in [0.29, 0.717) is 17.3 Å². The number of anilines is 2. The molecule has 2 rings (SSSR count). The maximum atomic E-state index is 13.6. The number of rotatable bonds is 3. The Morgan fingerprint density at radius 2 is 2.17 bits per heavy atom. The first-order valence-electron chi connectivity index (χ1n) is 5.19. The van der Waals surface area contributed by atoms with Crippen molar-refractivity contribution in [3.05, 3.63) is 47.9 Å². The van der Waals surface area contributed by atoms with Gasteiger partial charge >= 0.3 is 0 Å². The summed E-state index contributed by atoms with van der Waals surface area (Å²) in [6, 6.07) is 9.51. The summed E-state index contributed by atoms with van der Waals surface area (Å²) in [7, 11) is 1.52. The number of hydrogen-bond acceptors (Lipinski definition) is 4. The Hall–Kier alpha value is -2.61. The number of benzene rings is 1. The normalized spacial score (nSPS) is 9.61. The number of nitrogens with zero attached hydrogens (tertiary/aromatic N) is 2. The number of halogens is 1. The topological polar surface area (TPSA) is 57.9 Å². The fourth-order valence-corrected chi connectivity index (χ4v) is 1.42. The lowest BCUT2D eigenvalue weighted by Gasteiger charge is -2.07. The second-order valence-electron chi connectivity index (χ2n) is 3.52. The molecule has 0 unspecified atom stereocenters. The van der Waals surface area contributed by atoms with Gasteiger partial charge in [-0.3, -0.25) is 0 Å². The Kier molecular flexibility index (Phi) is 3.39. The Labute approximate surface area is 104 Å². The number of methoxy groups -OCH3 is 1. The summed E-state index contributed by atoms with van der Waals surface area (Å²) in [5.74, 6) is 0.00529. The Balaban J connectivity index is 2.20. The Morgan fingerprint density at radius 3 is 2.72 bits per heavy atom. The van der Waals surface area contributed by atoms with Crippen molar-refractivity contribution < 1.29 is 9.13 Å². The van der Waals surface area contributed by atoms with E-state index in [1.807, 2.05) is 6.07 Å². The molecule has 0 aliphatic heterocycles. The molecule has 4 nitrogen and oxygen atoms in total. The van der Waals surface area contributed by atoms with Gasteiger partial charge in [-0.05, 0) is 24.3 Å². The molecule has 0 bridgehead atoms. The van der Waals surface area contributed by atoms with Crippen molar-refractivity contribution >= 4 is 11.4 Å². The van der Waals surface area contributed by atoms with Crippen molar-refractivity contribution in [2.45, 2.75) is 0 Å². The van der Waals surface area contributed by atoms with Gasteiger partial charge in [0.2, 0.25) is 5.88 Å². The van der Waals surface area contributed by atoms with E-state index in [9.17, 15) is 4.39 Å². The molecule has 0 atom stereocenters.